The lowest BCUT2D eigenvalue weighted by Gasteiger charge is -2.14. The standard InChI is InChI=1S/C24H49NO.H2O/c1-3-25(4-2)23-21-19-17-15-13-11-9-7-5-6-8-10-12-14-16-18-20-22-24-26;/h5,7,26H,3-4,6,8-24H2,1-2H3;1H2/b7-5-;. The van der Waals surface area contributed by atoms with Gasteiger partial charge in [-0.05, 0) is 58.8 Å². The zero-order chi connectivity index (χ0) is 19.1. The van der Waals surface area contributed by atoms with Gasteiger partial charge in [0.2, 0.25) is 0 Å². The molecule has 0 aromatic rings. The van der Waals surface area contributed by atoms with Crippen LogP contribution in [-0.4, -0.2) is 36.8 Å². The van der Waals surface area contributed by atoms with Gasteiger partial charge >= 0.3 is 0 Å². The van der Waals surface area contributed by atoms with Gasteiger partial charge in [0.1, 0.15) is 0 Å². The van der Waals surface area contributed by atoms with Crippen molar-refractivity contribution in [3.05, 3.63) is 12.2 Å². The molecule has 3 N–H and O–H groups in total. The highest BCUT2D eigenvalue weighted by molar-refractivity contribution is 4.81. The molecule has 0 saturated heterocycles. The molecule has 164 valence electrons. The molecule has 3 nitrogen and oxygen atoms in total. The van der Waals surface area contributed by atoms with Gasteiger partial charge in [-0.2, -0.15) is 0 Å². The summed E-state index contributed by atoms with van der Waals surface area (Å²) in [4.78, 5) is 1.76. The van der Waals surface area contributed by atoms with E-state index in [4.69, 9.17) is 5.11 Å². The van der Waals surface area contributed by atoms with Crippen LogP contribution in [-0.2, 0) is 0 Å². The first-order valence-electron chi connectivity index (χ1n) is 11.9. The van der Waals surface area contributed by atoms with Crippen molar-refractivity contribution < 1.29 is 15.5 Å². The molecule has 0 atom stereocenters. The number of rotatable bonds is 21. The lowest BCUT2D eigenvalue weighted by molar-refractivity contribution is -0.896. The molecule has 0 saturated carbocycles. The number of quaternary nitrogens is 1. The SMILES string of the molecule is CC[NH+](CC)CCCCCCCC/C=C\CCCCCCCCCCO.[OH-]. The number of nitrogens with one attached hydrogen (secondary N) is 1. The van der Waals surface area contributed by atoms with Crippen molar-refractivity contribution in [2.75, 3.05) is 26.2 Å². The van der Waals surface area contributed by atoms with Crippen molar-refractivity contribution in [3.63, 3.8) is 0 Å². The van der Waals surface area contributed by atoms with Gasteiger partial charge < -0.3 is 15.5 Å². The average molecular weight is 386 g/mol. The van der Waals surface area contributed by atoms with Gasteiger partial charge in [0.05, 0.1) is 19.6 Å². The Hall–Kier alpha value is -0.380. The highest BCUT2D eigenvalue weighted by Crippen LogP contribution is 2.11. The lowest BCUT2D eigenvalue weighted by atomic mass is 10.1. The van der Waals surface area contributed by atoms with Gasteiger partial charge in [-0.1, -0.05) is 69.9 Å². The smallest absolute Gasteiger partial charge is 0.0770 e. The van der Waals surface area contributed by atoms with Crippen LogP contribution in [0.3, 0.4) is 0 Å². The van der Waals surface area contributed by atoms with Crippen molar-refractivity contribution in [2.45, 2.75) is 117 Å². The normalized spacial score (nSPS) is 11.4. The maximum atomic E-state index is 8.73. The van der Waals surface area contributed by atoms with E-state index in [0.717, 1.165) is 6.42 Å². The molecule has 0 amide bonds. The van der Waals surface area contributed by atoms with Crippen LogP contribution >= 0.6 is 0 Å². The van der Waals surface area contributed by atoms with Gasteiger partial charge in [0, 0.05) is 6.61 Å². The monoisotopic (exact) mass is 385 g/mol. The molecule has 0 radical (unpaired) electrons. The molecule has 0 heterocycles. The molecular formula is C24H51NO2. The highest BCUT2D eigenvalue weighted by Gasteiger charge is 2.00. The summed E-state index contributed by atoms with van der Waals surface area (Å²) < 4.78 is 0. The molecule has 0 rings (SSSR count). The van der Waals surface area contributed by atoms with Crippen LogP contribution in [0.1, 0.15) is 117 Å². The zero-order valence-corrected chi connectivity index (χ0v) is 18.7. The number of allylic oxidation sites excluding steroid dienone is 2. The molecule has 0 aliphatic rings. The topological polar surface area (TPSA) is 54.7 Å². The van der Waals surface area contributed by atoms with Crippen molar-refractivity contribution in [3.8, 4) is 0 Å². The second-order valence-electron chi connectivity index (χ2n) is 7.93. The summed E-state index contributed by atoms with van der Waals surface area (Å²) in [7, 11) is 0. The molecular weight excluding hydrogens is 334 g/mol. The molecule has 0 aliphatic heterocycles. The first kappa shape index (κ1) is 28.8. The predicted octanol–water partition coefficient (Wildman–Crippen LogP) is 5.52. The average Bonchev–Trinajstić information content (AvgIpc) is 2.66. The maximum absolute atomic E-state index is 8.73. The minimum absolute atomic E-state index is 0. The fourth-order valence-corrected chi connectivity index (χ4v) is 3.62. The summed E-state index contributed by atoms with van der Waals surface area (Å²) in [5.74, 6) is 0. The number of aliphatic hydroxyl groups excluding tert-OH is 1. The number of unbranched alkanes of at least 4 members (excludes halogenated alkanes) is 14. The fraction of sp³-hybridized carbons (Fsp3) is 0.917. The Kier molecular flexibility index (Phi) is 27.4. The van der Waals surface area contributed by atoms with Gasteiger partial charge in [-0.15, -0.1) is 0 Å². The second kappa shape index (κ2) is 25.6. The minimum Gasteiger partial charge on any atom is -0.870 e. The Morgan fingerprint density at radius 2 is 0.926 bits per heavy atom. The van der Waals surface area contributed by atoms with Gasteiger partial charge in [0.25, 0.3) is 0 Å². The van der Waals surface area contributed by atoms with Crippen LogP contribution in [0.4, 0.5) is 0 Å². The van der Waals surface area contributed by atoms with Gasteiger partial charge in [-0.25, -0.2) is 0 Å². The summed E-state index contributed by atoms with van der Waals surface area (Å²) in [5.41, 5.74) is 0. The molecule has 0 spiro atoms. The summed E-state index contributed by atoms with van der Waals surface area (Å²) in [5, 5.41) is 8.73. The number of aliphatic hydroxyl groups is 1. The third-order valence-electron chi connectivity index (χ3n) is 5.60. The van der Waals surface area contributed by atoms with Crippen LogP contribution in [0.2, 0.25) is 0 Å². The van der Waals surface area contributed by atoms with E-state index in [1.54, 1.807) is 4.90 Å². The molecule has 0 fully saturated rings. The van der Waals surface area contributed by atoms with E-state index in [2.05, 4.69) is 26.0 Å². The summed E-state index contributed by atoms with van der Waals surface area (Å²) in [6.45, 7) is 8.91. The van der Waals surface area contributed by atoms with E-state index >= 15 is 0 Å². The van der Waals surface area contributed by atoms with E-state index in [9.17, 15) is 0 Å². The van der Waals surface area contributed by atoms with Crippen LogP contribution in [0, 0.1) is 0 Å². The van der Waals surface area contributed by atoms with E-state index in [-0.39, 0.29) is 5.48 Å². The molecule has 0 unspecified atom stereocenters. The third kappa shape index (κ3) is 23.6. The molecule has 27 heavy (non-hydrogen) atoms. The molecule has 0 aromatic heterocycles. The van der Waals surface area contributed by atoms with Crippen LogP contribution in [0.5, 0.6) is 0 Å². The van der Waals surface area contributed by atoms with Crippen molar-refractivity contribution in [1.29, 1.82) is 0 Å². The largest absolute Gasteiger partial charge is 0.870 e. The first-order valence-corrected chi connectivity index (χ1v) is 11.9. The summed E-state index contributed by atoms with van der Waals surface area (Å²) >= 11 is 0. The molecule has 0 aromatic carbocycles. The van der Waals surface area contributed by atoms with Crippen molar-refractivity contribution >= 4 is 0 Å². The highest BCUT2D eigenvalue weighted by atomic mass is 16.2. The summed E-state index contributed by atoms with van der Waals surface area (Å²) in [6, 6.07) is 0. The van der Waals surface area contributed by atoms with Crippen LogP contribution in [0.25, 0.3) is 0 Å². The van der Waals surface area contributed by atoms with Gasteiger partial charge in [0.15, 0.2) is 0 Å². The Bertz CT molecular complexity index is 278. The minimum atomic E-state index is 0. The van der Waals surface area contributed by atoms with Gasteiger partial charge in [-0.3, -0.25) is 0 Å². The Morgan fingerprint density at radius 3 is 1.33 bits per heavy atom. The fourth-order valence-electron chi connectivity index (χ4n) is 3.62. The summed E-state index contributed by atoms with van der Waals surface area (Å²) in [6.07, 6.45) is 26.3. The quantitative estimate of drug-likeness (QED) is 0.202. The van der Waals surface area contributed by atoms with Crippen LogP contribution < -0.4 is 4.90 Å². The second-order valence-corrected chi connectivity index (χ2v) is 7.93. The van der Waals surface area contributed by atoms with E-state index < -0.39 is 0 Å². The number of hydrogen-bond donors (Lipinski definition) is 2. The van der Waals surface area contributed by atoms with E-state index in [0.29, 0.717) is 6.61 Å². The lowest BCUT2D eigenvalue weighted by Crippen LogP contribution is -3.11. The van der Waals surface area contributed by atoms with E-state index in [1.165, 1.54) is 116 Å². The Balaban J connectivity index is 0. The van der Waals surface area contributed by atoms with Crippen molar-refractivity contribution in [1.82, 2.24) is 0 Å². The predicted molar refractivity (Wildman–Crippen MR) is 119 cm³/mol. The zero-order valence-electron chi connectivity index (χ0n) is 18.7. The Labute approximate surface area is 170 Å². The molecule has 0 bridgehead atoms. The third-order valence-corrected chi connectivity index (χ3v) is 5.60. The van der Waals surface area contributed by atoms with E-state index in [1.807, 2.05) is 0 Å². The Morgan fingerprint density at radius 1 is 0.556 bits per heavy atom. The number of hydrogen-bond acceptors (Lipinski definition) is 2. The van der Waals surface area contributed by atoms with Crippen LogP contribution in [0.15, 0.2) is 12.2 Å². The molecule has 0 aliphatic carbocycles. The first-order chi connectivity index (χ1) is 12.8. The molecule has 3 heteroatoms. The van der Waals surface area contributed by atoms with Crippen molar-refractivity contribution in [2.24, 2.45) is 0 Å². The maximum Gasteiger partial charge on any atom is 0.0770 e.